The lowest BCUT2D eigenvalue weighted by molar-refractivity contribution is -0.117. The molecule has 1 saturated carbocycles. The molecule has 0 aliphatic heterocycles. The number of hydrogen-bond acceptors (Lipinski definition) is 5. The van der Waals surface area contributed by atoms with Crippen molar-refractivity contribution in [3.8, 4) is 5.88 Å². The number of primary amides is 1. The predicted molar refractivity (Wildman–Crippen MR) is 114 cm³/mol. The maximum Gasteiger partial charge on any atom is 0.319 e. The van der Waals surface area contributed by atoms with Crippen LogP contribution in [0, 0.1) is 0 Å². The van der Waals surface area contributed by atoms with Crippen LogP contribution in [-0.2, 0) is 11.3 Å². The SMILES string of the molecule is NC(=O)CCSc1ccccc1NC(=O)NCc1cccnc1OC1CCCC1. The van der Waals surface area contributed by atoms with Gasteiger partial charge in [-0.05, 0) is 43.9 Å². The topological polar surface area (TPSA) is 106 Å². The Hall–Kier alpha value is -2.74. The molecule has 0 unspecified atom stereocenters. The fourth-order valence-corrected chi connectivity index (χ4v) is 4.10. The number of amides is 3. The third-order valence-corrected chi connectivity index (χ3v) is 5.69. The first-order valence-corrected chi connectivity index (χ1v) is 10.8. The van der Waals surface area contributed by atoms with Gasteiger partial charge in [0.1, 0.15) is 6.10 Å². The minimum atomic E-state index is -0.340. The third kappa shape index (κ3) is 6.67. The molecule has 29 heavy (non-hydrogen) atoms. The maximum atomic E-state index is 12.4. The molecule has 0 radical (unpaired) electrons. The van der Waals surface area contributed by atoms with Crippen molar-refractivity contribution in [2.24, 2.45) is 5.73 Å². The number of anilines is 1. The highest BCUT2D eigenvalue weighted by molar-refractivity contribution is 7.99. The number of thioether (sulfide) groups is 1. The summed E-state index contributed by atoms with van der Waals surface area (Å²) in [6, 6.07) is 10.9. The number of benzene rings is 1. The summed E-state index contributed by atoms with van der Waals surface area (Å²) in [6.45, 7) is 0.318. The first-order chi connectivity index (χ1) is 14.1. The van der Waals surface area contributed by atoms with E-state index in [2.05, 4.69) is 15.6 Å². The second-order valence-corrected chi connectivity index (χ2v) is 8.00. The zero-order valence-electron chi connectivity index (χ0n) is 16.2. The Morgan fingerprint density at radius 1 is 1.17 bits per heavy atom. The Balaban J connectivity index is 1.55. The number of pyridine rings is 1. The highest BCUT2D eigenvalue weighted by atomic mass is 32.2. The molecule has 1 aromatic carbocycles. The smallest absolute Gasteiger partial charge is 0.319 e. The Bertz CT molecular complexity index is 840. The van der Waals surface area contributed by atoms with E-state index in [0.717, 1.165) is 23.3 Å². The van der Waals surface area contributed by atoms with Crippen LogP contribution in [0.3, 0.4) is 0 Å². The van der Waals surface area contributed by atoms with Crippen molar-refractivity contribution < 1.29 is 14.3 Å². The molecule has 1 aliphatic rings. The number of carbonyl (C=O) groups excluding carboxylic acids is 2. The molecule has 0 saturated heterocycles. The molecule has 3 rings (SSSR count). The average molecular weight is 415 g/mol. The van der Waals surface area contributed by atoms with Crippen LogP contribution in [0.2, 0.25) is 0 Å². The van der Waals surface area contributed by atoms with E-state index in [-0.39, 0.29) is 24.5 Å². The summed E-state index contributed by atoms with van der Waals surface area (Å²) in [5, 5.41) is 5.72. The number of carbonyl (C=O) groups is 2. The monoisotopic (exact) mass is 414 g/mol. The molecule has 8 heteroatoms. The molecule has 2 aromatic rings. The molecule has 1 aliphatic carbocycles. The third-order valence-electron chi connectivity index (χ3n) is 4.61. The van der Waals surface area contributed by atoms with Crippen molar-refractivity contribution in [2.75, 3.05) is 11.1 Å². The van der Waals surface area contributed by atoms with Gasteiger partial charge in [-0.15, -0.1) is 11.8 Å². The van der Waals surface area contributed by atoms with E-state index in [0.29, 0.717) is 23.9 Å². The van der Waals surface area contributed by atoms with Gasteiger partial charge in [0.25, 0.3) is 0 Å². The fraction of sp³-hybridized carbons (Fsp3) is 0.381. The molecular formula is C21H26N4O3S. The van der Waals surface area contributed by atoms with Gasteiger partial charge in [0, 0.05) is 35.4 Å². The Labute approximate surface area is 174 Å². The van der Waals surface area contributed by atoms with Crippen molar-refractivity contribution in [2.45, 2.75) is 49.6 Å². The van der Waals surface area contributed by atoms with Crippen LogP contribution in [-0.4, -0.2) is 28.8 Å². The number of aromatic nitrogens is 1. The number of hydrogen-bond donors (Lipinski definition) is 3. The van der Waals surface area contributed by atoms with E-state index in [9.17, 15) is 9.59 Å². The summed E-state index contributed by atoms with van der Waals surface area (Å²) in [7, 11) is 0. The second-order valence-electron chi connectivity index (χ2n) is 6.86. The second kappa shape index (κ2) is 10.7. The highest BCUT2D eigenvalue weighted by Gasteiger charge is 2.18. The Kier molecular flexibility index (Phi) is 7.75. The largest absolute Gasteiger partial charge is 0.474 e. The lowest BCUT2D eigenvalue weighted by Crippen LogP contribution is -2.29. The molecule has 0 spiro atoms. The van der Waals surface area contributed by atoms with Gasteiger partial charge < -0.3 is 21.1 Å². The van der Waals surface area contributed by atoms with E-state index >= 15 is 0 Å². The van der Waals surface area contributed by atoms with E-state index < -0.39 is 0 Å². The van der Waals surface area contributed by atoms with E-state index in [1.807, 2.05) is 36.4 Å². The number of nitrogens with zero attached hydrogens (tertiary/aromatic N) is 1. The first kappa shape index (κ1) is 21.0. The molecule has 154 valence electrons. The van der Waals surface area contributed by atoms with E-state index in [1.165, 1.54) is 24.6 Å². The summed E-state index contributed by atoms with van der Waals surface area (Å²) in [5.41, 5.74) is 6.72. The molecule has 7 nitrogen and oxygen atoms in total. The van der Waals surface area contributed by atoms with E-state index in [1.54, 1.807) is 6.20 Å². The number of ether oxygens (including phenoxy) is 1. The maximum absolute atomic E-state index is 12.4. The van der Waals surface area contributed by atoms with Crippen molar-refractivity contribution in [1.82, 2.24) is 10.3 Å². The van der Waals surface area contributed by atoms with Crippen molar-refractivity contribution in [3.63, 3.8) is 0 Å². The van der Waals surface area contributed by atoms with Gasteiger partial charge in [-0.2, -0.15) is 0 Å². The van der Waals surface area contributed by atoms with Gasteiger partial charge in [-0.25, -0.2) is 9.78 Å². The van der Waals surface area contributed by atoms with Crippen molar-refractivity contribution in [1.29, 1.82) is 0 Å². The van der Waals surface area contributed by atoms with Gasteiger partial charge in [-0.3, -0.25) is 4.79 Å². The highest BCUT2D eigenvalue weighted by Crippen LogP contribution is 2.28. The van der Waals surface area contributed by atoms with Crippen LogP contribution >= 0.6 is 11.8 Å². The lowest BCUT2D eigenvalue weighted by atomic mass is 10.2. The van der Waals surface area contributed by atoms with Gasteiger partial charge >= 0.3 is 6.03 Å². The quantitative estimate of drug-likeness (QED) is 0.543. The Morgan fingerprint density at radius 2 is 1.97 bits per heavy atom. The van der Waals surface area contributed by atoms with Gasteiger partial charge in [-0.1, -0.05) is 18.2 Å². The number of urea groups is 1. The summed E-state index contributed by atoms with van der Waals surface area (Å²) < 4.78 is 6.02. The molecule has 4 N–H and O–H groups in total. The normalized spacial score (nSPS) is 13.8. The fourth-order valence-electron chi connectivity index (χ4n) is 3.13. The van der Waals surface area contributed by atoms with Crippen LogP contribution < -0.4 is 21.1 Å². The molecule has 1 aromatic heterocycles. The van der Waals surface area contributed by atoms with Crippen LogP contribution in [0.5, 0.6) is 5.88 Å². The minimum absolute atomic E-state index is 0.210. The molecule has 1 fully saturated rings. The van der Waals surface area contributed by atoms with Gasteiger partial charge in [0.05, 0.1) is 5.69 Å². The zero-order valence-corrected chi connectivity index (χ0v) is 17.0. The van der Waals surface area contributed by atoms with Crippen LogP contribution in [0.25, 0.3) is 0 Å². The predicted octanol–water partition coefficient (Wildman–Crippen LogP) is 3.69. The van der Waals surface area contributed by atoms with E-state index in [4.69, 9.17) is 10.5 Å². The number of nitrogens with two attached hydrogens (primary N) is 1. The van der Waals surface area contributed by atoms with Crippen molar-refractivity contribution >= 4 is 29.4 Å². The minimum Gasteiger partial charge on any atom is -0.474 e. The van der Waals surface area contributed by atoms with Crippen LogP contribution in [0.4, 0.5) is 10.5 Å². The van der Waals surface area contributed by atoms with Gasteiger partial charge in [0.2, 0.25) is 11.8 Å². The molecule has 0 bridgehead atoms. The summed E-state index contributed by atoms with van der Waals surface area (Å²) in [4.78, 5) is 28.5. The average Bonchev–Trinajstić information content (AvgIpc) is 3.21. The first-order valence-electron chi connectivity index (χ1n) is 9.77. The van der Waals surface area contributed by atoms with Gasteiger partial charge in [0.15, 0.2) is 0 Å². The summed E-state index contributed by atoms with van der Waals surface area (Å²) >= 11 is 1.48. The number of rotatable bonds is 9. The number of para-hydroxylation sites is 1. The van der Waals surface area contributed by atoms with Crippen molar-refractivity contribution in [3.05, 3.63) is 48.2 Å². The van der Waals surface area contributed by atoms with Crippen LogP contribution in [0.15, 0.2) is 47.5 Å². The summed E-state index contributed by atoms with van der Waals surface area (Å²) in [6.07, 6.45) is 6.67. The zero-order chi connectivity index (χ0) is 20.5. The standard InChI is InChI=1S/C21H26N4O3S/c22-19(26)11-13-29-18-10-4-3-9-17(18)25-21(27)24-14-15-6-5-12-23-20(15)28-16-7-1-2-8-16/h3-6,9-10,12,16H,1-2,7-8,11,13-14H2,(H2,22,26)(H2,24,25,27). The Morgan fingerprint density at radius 3 is 2.76 bits per heavy atom. The van der Waals surface area contributed by atoms with Crippen LogP contribution in [0.1, 0.15) is 37.7 Å². The molecule has 3 amide bonds. The summed E-state index contributed by atoms with van der Waals surface area (Å²) in [5.74, 6) is 0.808. The molecule has 0 atom stereocenters. The molecule has 1 heterocycles. The molecular weight excluding hydrogens is 388 g/mol. The lowest BCUT2D eigenvalue weighted by Gasteiger charge is -2.16. The number of nitrogens with one attached hydrogen (secondary N) is 2.